The number of carbonyl (C=O) groups is 2. The Balaban J connectivity index is 1.66. The second-order valence-electron chi connectivity index (χ2n) is 6.97. The van der Waals surface area contributed by atoms with Gasteiger partial charge >= 0.3 is 18.7 Å². The summed E-state index contributed by atoms with van der Waals surface area (Å²) in [7, 11) is 1.30. The van der Waals surface area contributed by atoms with Crippen LogP contribution in [0.25, 0.3) is 0 Å². The van der Waals surface area contributed by atoms with Crippen LogP contribution in [0.5, 0.6) is 0 Å². The third-order valence-electron chi connectivity index (χ3n) is 4.98. The highest BCUT2D eigenvalue weighted by Crippen LogP contribution is 2.23. The first-order valence-electron chi connectivity index (χ1n) is 9.78. The number of esters is 1. The molecule has 2 aromatic carbocycles. The van der Waals surface area contributed by atoms with Crippen molar-refractivity contribution in [3.05, 3.63) is 65.7 Å². The highest BCUT2D eigenvalue weighted by molar-refractivity contribution is 5.89. The monoisotopic (exact) mass is 434 g/mol. The Bertz CT molecular complexity index is 864. The summed E-state index contributed by atoms with van der Waals surface area (Å²) in [5, 5.41) is 0. The van der Waals surface area contributed by atoms with Crippen LogP contribution in [0.1, 0.15) is 15.9 Å². The minimum atomic E-state index is -2.91. The molecule has 0 N–H and O–H groups in total. The van der Waals surface area contributed by atoms with Gasteiger partial charge < -0.3 is 24.0 Å². The second-order valence-corrected chi connectivity index (χ2v) is 6.97. The van der Waals surface area contributed by atoms with E-state index < -0.39 is 24.7 Å². The van der Waals surface area contributed by atoms with Crippen molar-refractivity contribution in [2.75, 3.05) is 38.3 Å². The normalized spacial score (nSPS) is 16.3. The van der Waals surface area contributed by atoms with Gasteiger partial charge in [0.15, 0.2) is 0 Å². The summed E-state index contributed by atoms with van der Waals surface area (Å²) in [5.74, 6) is -0.463. The number of ether oxygens (including phenoxy) is 3. The Morgan fingerprint density at radius 1 is 1.06 bits per heavy atom. The molecule has 2 aromatic rings. The van der Waals surface area contributed by atoms with E-state index in [1.807, 2.05) is 35.2 Å². The molecule has 1 saturated heterocycles. The smallest absolute Gasteiger partial charge is 0.410 e. The van der Waals surface area contributed by atoms with E-state index in [9.17, 15) is 18.4 Å². The lowest BCUT2D eigenvalue weighted by Gasteiger charge is -2.42. The van der Waals surface area contributed by atoms with Crippen LogP contribution in [-0.4, -0.2) is 63.0 Å². The molecule has 0 radical (unpaired) electrons. The molecule has 1 atom stereocenters. The van der Waals surface area contributed by atoms with Gasteiger partial charge in [0, 0.05) is 25.3 Å². The van der Waals surface area contributed by atoms with Crippen molar-refractivity contribution in [1.29, 1.82) is 0 Å². The fraction of sp³-hybridized carbons (Fsp3) is 0.364. The van der Waals surface area contributed by atoms with Gasteiger partial charge in [-0.3, -0.25) is 0 Å². The molecule has 1 aliphatic rings. The number of piperazine rings is 1. The molecule has 3 rings (SSSR count). The largest absolute Gasteiger partial charge is 0.465 e. The van der Waals surface area contributed by atoms with Gasteiger partial charge in [-0.2, -0.15) is 8.78 Å². The van der Waals surface area contributed by atoms with E-state index in [1.54, 1.807) is 24.3 Å². The van der Waals surface area contributed by atoms with Crippen molar-refractivity contribution in [2.45, 2.75) is 19.3 Å². The minimum Gasteiger partial charge on any atom is -0.465 e. The Morgan fingerprint density at radius 2 is 1.77 bits per heavy atom. The molecule has 1 heterocycles. The number of hydrogen-bond donors (Lipinski definition) is 0. The number of carbonyl (C=O) groups excluding carboxylic acids is 2. The summed E-state index contributed by atoms with van der Waals surface area (Å²) in [6, 6.07) is 15.4. The van der Waals surface area contributed by atoms with Crippen LogP contribution in [0.3, 0.4) is 0 Å². The summed E-state index contributed by atoms with van der Waals surface area (Å²) in [5.41, 5.74) is 1.97. The molecule has 0 spiro atoms. The van der Waals surface area contributed by atoms with Crippen molar-refractivity contribution < 1.29 is 32.6 Å². The van der Waals surface area contributed by atoms with Crippen LogP contribution >= 0.6 is 0 Å². The number of benzene rings is 2. The zero-order valence-electron chi connectivity index (χ0n) is 17.1. The predicted octanol–water partition coefficient (Wildman–Crippen LogP) is 3.54. The van der Waals surface area contributed by atoms with Crippen molar-refractivity contribution in [1.82, 2.24) is 4.90 Å². The highest BCUT2D eigenvalue weighted by atomic mass is 19.3. The standard InChI is InChI=1S/C22H24F2N2O5/c1-29-20(27)17-7-9-18(10-8-17)26-12-11-25(13-19(26)15-30-21(23)24)22(28)31-14-16-5-3-2-4-6-16/h2-10,19,21H,11-15H2,1H3/t19-/m0/s1. The molecule has 0 saturated carbocycles. The van der Waals surface area contributed by atoms with Gasteiger partial charge in [-0.15, -0.1) is 0 Å². The van der Waals surface area contributed by atoms with E-state index >= 15 is 0 Å². The number of alkyl halides is 2. The summed E-state index contributed by atoms with van der Waals surface area (Å²) in [6.07, 6.45) is -0.508. The van der Waals surface area contributed by atoms with Crippen LogP contribution in [-0.2, 0) is 20.8 Å². The molecule has 1 amide bonds. The third-order valence-corrected chi connectivity index (χ3v) is 4.98. The fourth-order valence-electron chi connectivity index (χ4n) is 3.40. The average Bonchev–Trinajstić information content (AvgIpc) is 2.81. The van der Waals surface area contributed by atoms with Crippen molar-refractivity contribution in [3.8, 4) is 0 Å². The molecule has 0 aliphatic carbocycles. The van der Waals surface area contributed by atoms with E-state index in [2.05, 4.69) is 9.47 Å². The molecular formula is C22H24F2N2O5. The maximum absolute atomic E-state index is 12.7. The third kappa shape index (κ3) is 6.14. The summed E-state index contributed by atoms with van der Waals surface area (Å²) >= 11 is 0. The van der Waals surface area contributed by atoms with Gasteiger partial charge in [-0.05, 0) is 29.8 Å². The number of anilines is 1. The molecule has 31 heavy (non-hydrogen) atoms. The Labute approximate surface area is 179 Å². The topological polar surface area (TPSA) is 68.3 Å². The van der Waals surface area contributed by atoms with Crippen molar-refractivity contribution >= 4 is 17.7 Å². The maximum atomic E-state index is 12.7. The van der Waals surface area contributed by atoms with E-state index in [4.69, 9.17) is 4.74 Å². The minimum absolute atomic E-state index is 0.132. The zero-order chi connectivity index (χ0) is 22.2. The number of hydrogen-bond acceptors (Lipinski definition) is 6. The molecule has 166 valence electrons. The lowest BCUT2D eigenvalue weighted by molar-refractivity contribution is -0.133. The van der Waals surface area contributed by atoms with Gasteiger partial charge in [0.25, 0.3) is 0 Å². The summed E-state index contributed by atoms with van der Waals surface area (Å²) in [6.45, 7) is -2.12. The second kappa shape index (κ2) is 10.7. The molecule has 0 unspecified atom stereocenters. The fourth-order valence-corrected chi connectivity index (χ4v) is 3.40. The van der Waals surface area contributed by atoms with Crippen LogP contribution in [0.2, 0.25) is 0 Å². The van der Waals surface area contributed by atoms with Gasteiger partial charge in [0.2, 0.25) is 0 Å². The van der Waals surface area contributed by atoms with E-state index in [-0.39, 0.29) is 19.8 Å². The van der Waals surface area contributed by atoms with Gasteiger partial charge in [-0.25, -0.2) is 9.59 Å². The van der Waals surface area contributed by atoms with Gasteiger partial charge in [-0.1, -0.05) is 30.3 Å². The van der Waals surface area contributed by atoms with Crippen LogP contribution in [0, 0.1) is 0 Å². The molecule has 1 aliphatic heterocycles. The van der Waals surface area contributed by atoms with Crippen LogP contribution in [0.15, 0.2) is 54.6 Å². The van der Waals surface area contributed by atoms with Gasteiger partial charge in [0.05, 0.1) is 25.3 Å². The van der Waals surface area contributed by atoms with Crippen LogP contribution in [0.4, 0.5) is 19.3 Å². The number of rotatable bonds is 7. The molecule has 9 heteroatoms. The van der Waals surface area contributed by atoms with E-state index in [0.29, 0.717) is 18.7 Å². The lowest BCUT2D eigenvalue weighted by atomic mass is 10.1. The summed E-state index contributed by atoms with van der Waals surface area (Å²) in [4.78, 5) is 27.5. The quantitative estimate of drug-likeness (QED) is 0.621. The predicted molar refractivity (Wildman–Crippen MR) is 109 cm³/mol. The summed E-state index contributed by atoms with van der Waals surface area (Å²) < 4.78 is 39.9. The van der Waals surface area contributed by atoms with Gasteiger partial charge in [0.1, 0.15) is 6.61 Å². The number of halogens is 2. The molecule has 7 nitrogen and oxygen atoms in total. The Kier molecular flexibility index (Phi) is 7.77. The first-order valence-corrected chi connectivity index (χ1v) is 9.78. The molecule has 1 fully saturated rings. The molecule has 0 aromatic heterocycles. The van der Waals surface area contributed by atoms with Crippen LogP contribution < -0.4 is 4.90 Å². The van der Waals surface area contributed by atoms with Crippen molar-refractivity contribution in [3.63, 3.8) is 0 Å². The lowest BCUT2D eigenvalue weighted by Crippen LogP contribution is -2.56. The SMILES string of the molecule is COC(=O)c1ccc(N2CCN(C(=O)OCc3ccccc3)C[C@H]2COC(F)F)cc1. The zero-order valence-corrected chi connectivity index (χ0v) is 17.1. The first kappa shape index (κ1) is 22.5. The molecular weight excluding hydrogens is 410 g/mol. The van der Waals surface area contributed by atoms with E-state index in [1.165, 1.54) is 12.0 Å². The number of amides is 1. The highest BCUT2D eigenvalue weighted by Gasteiger charge is 2.31. The Hall–Kier alpha value is -3.20. The first-order chi connectivity index (χ1) is 15.0. The van der Waals surface area contributed by atoms with E-state index in [0.717, 1.165) is 11.3 Å². The maximum Gasteiger partial charge on any atom is 0.410 e. The average molecular weight is 434 g/mol. The Morgan fingerprint density at radius 3 is 2.42 bits per heavy atom. The number of nitrogens with zero attached hydrogens (tertiary/aromatic N) is 2. The van der Waals surface area contributed by atoms with Crippen molar-refractivity contribution in [2.24, 2.45) is 0 Å². The molecule has 0 bridgehead atoms. The number of methoxy groups -OCH3 is 1.